The van der Waals surface area contributed by atoms with Gasteiger partial charge >= 0.3 is 5.97 Å². The van der Waals surface area contributed by atoms with Crippen molar-refractivity contribution in [3.63, 3.8) is 0 Å². The molecule has 0 radical (unpaired) electrons. The molecule has 0 heterocycles. The third-order valence-corrected chi connectivity index (χ3v) is 4.13. The smallest absolute Gasteiger partial charge is 0.308 e. The Morgan fingerprint density at radius 2 is 1.32 bits per heavy atom. The van der Waals surface area contributed by atoms with Crippen LogP contribution in [0, 0.1) is 5.92 Å². The van der Waals surface area contributed by atoms with Gasteiger partial charge in [0.15, 0.2) is 0 Å². The zero-order valence-electron chi connectivity index (χ0n) is 15.0. The fourth-order valence-corrected chi connectivity index (χ4v) is 2.69. The first kappa shape index (κ1) is 18.7. The van der Waals surface area contributed by atoms with Gasteiger partial charge in [-0.2, -0.15) is 0 Å². The van der Waals surface area contributed by atoms with E-state index in [2.05, 4.69) is 0 Å². The van der Waals surface area contributed by atoms with E-state index in [1.807, 2.05) is 55.5 Å². The molecule has 2 aromatic rings. The second kappa shape index (κ2) is 9.02. The lowest BCUT2D eigenvalue weighted by atomic mass is 9.98. The summed E-state index contributed by atoms with van der Waals surface area (Å²) in [5.41, 5.74) is 3.02. The fourth-order valence-electron chi connectivity index (χ4n) is 2.69. The average molecular weight is 340 g/mol. The number of ketones is 1. The van der Waals surface area contributed by atoms with Gasteiger partial charge in [0.1, 0.15) is 11.5 Å². The molecule has 25 heavy (non-hydrogen) atoms. The molecule has 0 aromatic heterocycles. The van der Waals surface area contributed by atoms with Gasteiger partial charge < -0.3 is 9.47 Å². The van der Waals surface area contributed by atoms with E-state index < -0.39 is 0 Å². The Kier molecular flexibility index (Phi) is 6.75. The minimum Gasteiger partial charge on any atom is -0.497 e. The number of carbonyl (C=O) groups excluding carboxylic acids is 2. The van der Waals surface area contributed by atoms with E-state index in [0.717, 1.165) is 22.4 Å². The summed E-state index contributed by atoms with van der Waals surface area (Å²) in [6.45, 7) is 1.85. The number of ether oxygens (including phenoxy) is 2. The zero-order valence-corrected chi connectivity index (χ0v) is 15.0. The number of benzene rings is 2. The van der Waals surface area contributed by atoms with Gasteiger partial charge in [0, 0.05) is 12.8 Å². The van der Waals surface area contributed by atoms with E-state index in [-0.39, 0.29) is 17.7 Å². The number of esters is 1. The molecule has 132 valence electrons. The van der Waals surface area contributed by atoms with Gasteiger partial charge in [-0.05, 0) is 35.2 Å². The SMILES string of the molecule is COC(=O)[C@H](C)Cc1ccc(CC(=O)Cc2ccc(OC)cc2)cc1. The minimum atomic E-state index is -0.209. The van der Waals surface area contributed by atoms with Crippen LogP contribution in [-0.4, -0.2) is 26.0 Å². The summed E-state index contributed by atoms with van der Waals surface area (Å²) in [5.74, 6) is 0.570. The molecule has 0 bridgehead atoms. The van der Waals surface area contributed by atoms with Crippen LogP contribution in [0.4, 0.5) is 0 Å². The Bertz CT molecular complexity index is 702. The molecule has 0 aliphatic heterocycles. The summed E-state index contributed by atoms with van der Waals surface area (Å²) in [6, 6.07) is 15.4. The van der Waals surface area contributed by atoms with Crippen molar-refractivity contribution in [1.82, 2.24) is 0 Å². The Labute approximate surface area is 148 Å². The first-order chi connectivity index (χ1) is 12.0. The molecule has 2 rings (SSSR count). The summed E-state index contributed by atoms with van der Waals surface area (Å²) in [4.78, 5) is 23.7. The highest BCUT2D eigenvalue weighted by Crippen LogP contribution is 2.14. The fraction of sp³-hybridized carbons (Fsp3) is 0.333. The molecule has 4 nitrogen and oxygen atoms in total. The van der Waals surface area contributed by atoms with Gasteiger partial charge in [-0.1, -0.05) is 43.3 Å². The molecule has 1 atom stereocenters. The zero-order chi connectivity index (χ0) is 18.2. The highest BCUT2D eigenvalue weighted by molar-refractivity contribution is 5.83. The average Bonchev–Trinajstić information content (AvgIpc) is 2.63. The predicted octanol–water partition coefficient (Wildman–Crippen LogP) is 3.40. The lowest BCUT2D eigenvalue weighted by Crippen LogP contribution is -2.15. The Hall–Kier alpha value is -2.62. The highest BCUT2D eigenvalue weighted by Gasteiger charge is 2.13. The molecular formula is C21H24O4. The van der Waals surface area contributed by atoms with Gasteiger partial charge in [0.05, 0.1) is 20.1 Å². The summed E-state index contributed by atoms with van der Waals surface area (Å²) in [5, 5.41) is 0. The minimum absolute atomic E-state index is 0.167. The molecule has 0 spiro atoms. The van der Waals surface area contributed by atoms with Crippen LogP contribution in [0.15, 0.2) is 48.5 Å². The van der Waals surface area contributed by atoms with E-state index in [9.17, 15) is 9.59 Å². The van der Waals surface area contributed by atoms with Gasteiger partial charge in [0.2, 0.25) is 0 Å². The predicted molar refractivity (Wildman–Crippen MR) is 96.7 cm³/mol. The molecule has 0 fully saturated rings. The topological polar surface area (TPSA) is 52.6 Å². The molecule has 0 N–H and O–H groups in total. The molecule has 0 aliphatic carbocycles. The summed E-state index contributed by atoms with van der Waals surface area (Å²) >= 11 is 0. The number of hydrogen-bond donors (Lipinski definition) is 0. The number of Topliss-reactive ketones (excluding diaryl/α,β-unsaturated/α-hetero) is 1. The standard InChI is InChI=1S/C21H24O4/c1-15(21(23)25-3)12-16-4-6-17(7-5-16)13-19(22)14-18-8-10-20(24-2)11-9-18/h4-11,15H,12-14H2,1-3H3/t15-/m1/s1. The van der Waals surface area contributed by atoms with Crippen molar-refractivity contribution in [3.8, 4) is 5.75 Å². The normalized spacial score (nSPS) is 11.6. The van der Waals surface area contributed by atoms with E-state index >= 15 is 0 Å². The first-order valence-corrected chi connectivity index (χ1v) is 8.32. The van der Waals surface area contributed by atoms with E-state index in [0.29, 0.717) is 19.3 Å². The third kappa shape index (κ3) is 5.75. The molecule has 0 amide bonds. The maximum atomic E-state index is 12.2. The lowest BCUT2D eigenvalue weighted by molar-refractivity contribution is -0.144. The summed E-state index contributed by atoms with van der Waals surface area (Å²) in [6.07, 6.45) is 1.44. The molecule has 0 aliphatic rings. The van der Waals surface area contributed by atoms with E-state index in [1.54, 1.807) is 7.11 Å². The first-order valence-electron chi connectivity index (χ1n) is 8.32. The van der Waals surface area contributed by atoms with E-state index in [1.165, 1.54) is 7.11 Å². The van der Waals surface area contributed by atoms with E-state index in [4.69, 9.17) is 9.47 Å². The number of rotatable bonds is 8. The summed E-state index contributed by atoms with van der Waals surface area (Å²) < 4.78 is 9.86. The second-order valence-corrected chi connectivity index (χ2v) is 6.19. The van der Waals surface area contributed by atoms with Crippen LogP contribution < -0.4 is 4.74 Å². The van der Waals surface area contributed by atoms with Crippen molar-refractivity contribution < 1.29 is 19.1 Å². The molecule has 2 aromatic carbocycles. The van der Waals surface area contributed by atoms with Crippen molar-refractivity contribution in [2.45, 2.75) is 26.2 Å². The molecular weight excluding hydrogens is 316 g/mol. The Morgan fingerprint density at radius 3 is 1.80 bits per heavy atom. The molecule has 0 saturated carbocycles. The molecule has 0 unspecified atom stereocenters. The van der Waals surface area contributed by atoms with Crippen molar-refractivity contribution in [1.29, 1.82) is 0 Å². The van der Waals surface area contributed by atoms with Crippen LogP contribution in [0.1, 0.15) is 23.6 Å². The van der Waals surface area contributed by atoms with Gasteiger partial charge in [0.25, 0.3) is 0 Å². The van der Waals surface area contributed by atoms with Crippen LogP contribution in [0.3, 0.4) is 0 Å². The maximum absolute atomic E-state index is 12.2. The van der Waals surface area contributed by atoms with Gasteiger partial charge in [-0.15, -0.1) is 0 Å². The van der Waals surface area contributed by atoms with Crippen LogP contribution in [0.2, 0.25) is 0 Å². The largest absolute Gasteiger partial charge is 0.497 e. The lowest BCUT2D eigenvalue weighted by Gasteiger charge is -2.09. The van der Waals surface area contributed by atoms with Crippen LogP contribution in [0.25, 0.3) is 0 Å². The maximum Gasteiger partial charge on any atom is 0.308 e. The monoisotopic (exact) mass is 340 g/mol. The molecule has 4 heteroatoms. The van der Waals surface area contributed by atoms with Crippen molar-refractivity contribution >= 4 is 11.8 Å². The van der Waals surface area contributed by atoms with Crippen LogP contribution >= 0.6 is 0 Å². The number of carbonyl (C=O) groups is 2. The van der Waals surface area contributed by atoms with Crippen LogP contribution in [0.5, 0.6) is 5.75 Å². The van der Waals surface area contributed by atoms with Gasteiger partial charge in [-0.25, -0.2) is 0 Å². The molecule has 0 saturated heterocycles. The Balaban J connectivity index is 1.89. The highest BCUT2D eigenvalue weighted by atomic mass is 16.5. The van der Waals surface area contributed by atoms with Crippen molar-refractivity contribution in [2.75, 3.05) is 14.2 Å². The van der Waals surface area contributed by atoms with Crippen molar-refractivity contribution in [2.24, 2.45) is 5.92 Å². The van der Waals surface area contributed by atoms with Crippen LogP contribution in [-0.2, 0) is 33.6 Å². The summed E-state index contributed by atoms with van der Waals surface area (Å²) in [7, 11) is 3.02. The van der Waals surface area contributed by atoms with Gasteiger partial charge in [-0.3, -0.25) is 9.59 Å². The third-order valence-electron chi connectivity index (χ3n) is 4.13. The Morgan fingerprint density at radius 1 is 0.840 bits per heavy atom. The number of methoxy groups -OCH3 is 2. The number of hydrogen-bond acceptors (Lipinski definition) is 4. The quantitative estimate of drug-likeness (QED) is 0.691. The van der Waals surface area contributed by atoms with Crippen molar-refractivity contribution in [3.05, 3.63) is 65.2 Å². The second-order valence-electron chi connectivity index (χ2n) is 6.19.